The third-order valence-electron chi connectivity index (χ3n) is 4.84. The van der Waals surface area contributed by atoms with Crippen molar-refractivity contribution in [1.82, 2.24) is 9.91 Å². The lowest BCUT2D eigenvalue weighted by Crippen LogP contribution is -2.25. The van der Waals surface area contributed by atoms with Crippen molar-refractivity contribution in [2.24, 2.45) is 5.10 Å². The molecule has 0 unspecified atom stereocenters. The predicted molar refractivity (Wildman–Crippen MR) is 106 cm³/mol. The summed E-state index contributed by atoms with van der Waals surface area (Å²) in [5.41, 5.74) is 2.69. The number of hydrazone groups is 1. The first-order chi connectivity index (χ1) is 13.4. The number of benzene rings is 2. The third-order valence-corrected chi connectivity index (χ3v) is 4.84. The molecule has 0 atom stereocenters. The SMILES string of the molecule is CN(C)CCCc1ccccc1CC(=O)N1CCC(c2cc(F)ccc2F)=N1. The Hall–Kier alpha value is -2.60. The highest BCUT2D eigenvalue weighted by atomic mass is 19.1. The van der Waals surface area contributed by atoms with Crippen LogP contribution in [0.5, 0.6) is 0 Å². The second-order valence-corrected chi connectivity index (χ2v) is 7.29. The summed E-state index contributed by atoms with van der Waals surface area (Å²) in [5.74, 6) is -1.18. The largest absolute Gasteiger partial charge is 0.309 e. The zero-order valence-electron chi connectivity index (χ0n) is 16.3. The van der Waals surface area contributed by atoms with Crippen LogP contribution in [0.1, 0.15) is 29.5 Å². The number of hydrogen-bond acceptors (Lipinski definition) is 3. The Labute approximate surface area is 164 Å². The fourth-order valence-electron chi connectivity index (χ4n) is 3.36. The minimum atomic E-state index is -0.527. The van der Waals surface area contributed by atoms with Gasteiger partial charge in [-0.2, -0.15) is 5.10 Å². The summed E-state index contributed by atoms with van der Waals surface area (Å²) in [6.45, 7) is 1.37. The van der Waals surface area contributed by atoms with Crippen molar-refractivity contribution >= 4 is 11.6 Å². The van der Waals surface area contributed by atoms with Crippen molar-refractivity contribution in [3.63, 3.8) is 0 Å². The van der Waals surface area contributed by atoms with Gasteiger partial charge in [0.2, 0.25) is 5.91 Å². The lowest BCUT2D eigenvalue weighted by molar-refractivity contribution is -0.130. The number of aryl methyl sites for hydroxylation is 1. The molecule has 148 valence electrons. The zero-order chi connectivity index (χ0) is 20.1. The Bertz CT molecular complexity index is 880. The quantitative estimate of drug-likeness (QED) is 0.730. The van der Waals surface area contributed by atoms with Gasteiger partial charge in [0, 0.05) is 12.0 Å². The summed E-state index contributed by atoms with van der Waals surface area (Å²) < 4.78 is 27.4. The molecular formula is C22H25F2N3O. The van der Waals surface area contributed by atoms with Crippen LogP contribution in [0.3, 0.4) is 0 Å². The Morgan fingerprint density at radius 1 is 1.14 bits per heavy atom. The van der Waals surface area contributed by atoms with E-state index in [-0.39, 0.29) is 17.9 Å². The van der Waals surface area contributed by atoms with Gasteiger partial charge in [0.25, 0.3) is 0 Å². The lowest BCUT2D eigenvalue weighted by atomic mass is 10.00. The van der Waals surface area contributed by atoms with Gasteiger partial charge >= 0.3 is 0 Å². The molecule has 4 nitrogen and oxygen atoms in total. The van der Waals surface area contributed by atoms with Gasteiger partial charge in [0.1, 0.15) is 11.6 Å². The maximum Gasteiger partial charge on any atom is 0.247 e. The zero-order valence-corrected chi connectivity index (χ0v) is 16.3. The normalized spacial score (nSPS) is 13.9. The fraction of sp³-hybridized carbons (Fsp3) is 0.364. The van der Waals surface area contributed by atoms with E-state index in [4.69, 9.17) is 0 Å². The van der Waals surface area contributed by atoms with E-state index in [0.29, 0.717) is 18.7 Å². The standard InChI is InChI=1S/C22H25F2N3O/c1-26(2)12-5-8-16-6-3-4-7-17(16)14-22(28)27-13-11-21(25-27)19-15-18(23)9-10-20(19)24/h3-4,6-7,9-10,15H,5,8,11-14H2,1-2H3. The van der Waals surface area contributed by atoms with E-state index in [9.17, 15) is 13.6 Å². The second-order valence-electron chi connectivity index (χ2n) is 7.29. The number of nitrogens with zero attached hydrogens (tertiary/aromatic N) is 3. The van der Waals surface area contributed by atoms with Crippen molar-refractivity contribution < 1.29 is 13.6 Å². The van der Waals surface area contributed by atoms with E-state index in [2.05, 4.69) is 16.1 Å². The van der Waals surface area contributed by atoms with Gasteiger partial charge in [-0.3, -0.25) is 4.79 Å². The molecular weight excluding hydrogens is 360 g/mol. The first-order valence-corrected chi connectivity index (χ1v) is 9.49. The van der Waals surface area contributed by atoms with E-state index in [1.165, 1.54) is 5.01 Å². The number of halogens is 2. The van der Waals surface area contributed by atoms with Crippen molar-refractivity contribution in [3.05, 3.63) is 70.8 Å². The summed E-state index contributed by atoms with van der Waals surface area (Å²) in [7, 11) is 4.08. The van der Waals surface area contributed by atoms with Gasteiger partial charge in [0.05, 0.1) is 18.7 Å². The first kappa shape index (κ1) is 20.1. The highest BCUT2D eigenvalue weighted by Gasteiger charge is 2.24. The van der Waals surface area contributed by atoms with Gasteiger partial charge in [-0.1, -0.05) is 24.3 Å². The van der Waals surface area contributed by atoms with E-state index in [1.807, 2.05) is 32.3 Å². The molecule has 0 aromatic heterocycles. The van der Waals surface area contributed by atoms with Crippen LogP contribution in [0.2, 0.25) is 0 Å². The summed E-state index contributed by atoms with van der Waals surface area (Å²) in [6.07, 6.45) is 2.59. The van der Waals surface area contributed by atoms with Crippen LogP contribution in [-0.4, -0.2) is 48.7 Å². The van der Waals surface area contributed by atoms with E-state index in [0.717, 1.165) is 48.7 Å². The molecule has 0 saturated carbocycles. The van der Waals surface area contributed by atoms with Crippen LogP contribution < -0.4 is 0 Å². The van der Waals surface area contributed by atoms with E-state index >= 15 is 0 Å². The number of carbonyl (C=O) groups excluding carboxylic acids is 1. The van der Waals surface area contributed by atoms with Crippen LogP contribution in [0.4, 0.5) is 8.78 Å². The molecule has 1 heterocycles. The molecule has 2 aromatic carbocycles. The number of rotatable bonds is 7. The van der Waals surface area contributed by atoms with Crippen LogP contribution in [0, 0.1) is 11.6 Å². The third kappa shape index (κ3) is 5.01. The first-order valence-electron chi connectivity index (χ1n) is 9.49. The highest BCUT2D eigenvalue weighted by molar-refractivity contribution is 6.03. The predicted octanol–water partition coefficient (Wildman–Crippen LogP) is 3.64. The van der Waals surface area contributed by atoms with E-state index in [1.54, 1.807) is 0 Å². The summed E-state index contributed by atoms with van der Waals surface area (Å²) in [4.78, 5) is 14.9. The molecule has 0 radical (unpaired) electrons. The number of hydrogen-bond donors (Lipinski definition) is 0. The Morgan fingerprint density at radius 3 is 2.64 bits per heavy atom. The van der Waals surface area contributed by atoms with Gasteiger partial charge in [-0.25, -0.2) is 13.8 Å². The van der Waals surface area contributed by atoms with Crippen molar-refractivity contribution in [2.75, 3.05) is 27.2 Å². The van der Waals surface area contributed by atoms with Crippen molar-refractivity contribution in [3.8, 4) is 0 Å². The van der Waals surface area contributed by atoms with Gasteiger partial charge in [-0.05, 0) is 62.8 Å². The summed E-state index contributed by atoms with van der Waals surface area (Å²) in [6, 6.07) is 11.2. The van der Waals surface area contributed by atoms with E-state index < -0.39 is 11.6 Å². The molecule has 6 heteroatoms. The van der Waals surface area contributed by atoms with Crippen LogP contribution in [0.15, 0.2) is 47.6 Å². The highest BCUT2D eigenvalue weighted by Crippen LogP contribution is 2.20. The van der Waals surface area contributed by atoms with Gasteiger partial charge in [0.15, 0.2) is 0 Å². The Balaban J connectivity index is 1.69. The summed E-state index contributed by atoms with van der Waals surface area (Å²) in [5, 5.41) is 5.63. The topological polar surface area (TPSA) is 35.9 Å². The summed E-state index contributed by atoms with van der Waals surface area (Å²) >= 11 is 0. The molecule has 0 fully saturated rings. The van der Waals surface area contributed by atoms with Crippen LogP contribution in [0.25, 0.3) is 0 Å². The second kappa shape index (κ2) is 9.06. The maximum atomic E-state index is 14.0. The minimum Gasteiger partial charge on any atom is -0.309 e. The molecule has 1 aliphatic heterocycles. The molecule has 1 amide bonds. The molecule has 0 spiro atoms. The van der Waals surface area contributed by atoms with Gasteiger partial charge < -0.3 is 4.90 Å². The molecule has 28 heavy (non-hydrogen) atoms. The molecule has 1 aliphatic rings. The molecule has 0 saturated heterocycles. The lowest BCUT2D eigenvalue weighted by Gasteiger charge is -2.15. The maximum absolute atomic E-state index is 14.0. The monoisotopic (exact) mass is 385 g/mol. The van der Waals surface area contributed by atoms with Gasteiger partial charge in [-0.15, -0.1) is 0 Å². The minimum absolute atomic E-state index is 0.124. The van der Waals surface area contributed by atoms with Crippen molar-refractivity contribution in [1.29, 1.82) is 0 Å². The fourth-order valence-corrected chi connectivity index (χ4v) is 3.36. The Morgan fingerprint density at radius 2 is 1.89 bits per heavy atom. The smallest absolute Gasteiger partial charge is 0.247 e. The molecule has 0 N–H and O–H groups in total. The average molecular weight is 385 g/mol. The molecule has 0 bridgehead atoms. The van der Waals surface area contributed by atoms with Crippen LogP contribution in [-0.2, 0) is 17.6 Å². The number of amides is 1. The molecule has 0 aliphatic carbocycles. The Kier molecular flexibility index (Phi) is 6.52. The van der Waals surface area contributed by atoms with Crippen LogP contribution >= 0.6 is 0 Å². The average Bonchev–Trinajstić information content (AvgIpc) is 3.15. The van der Waals surface area contributed by atoms with Crippen molar-refractivity contribution in [2.45, 2.75) is 25.7 Å². The molecule has 3 rings (SSSR count). The number of carbonyl (C=O) groups is 1. The molecule has 2 aromatic rings.